The van der Waals surface area contributed by atoms with Crippen molar-refractivity contribution in [3.63, 3.8) is 0 Å². The lowest BCUT2D eigenvalue weighted by molar-refractivity contribution is -0.130. The van der Waals surface area contributed by atoms with E-state index in [1.807, 2.05) is 11.9 Å². The number of aromatic nitrogens is 1. The van der Waals surface area contributed by atoms with Crippen LogP contribution in [0.2, 0.25) is 0 Å². The molecular formula is C12H16N2O2. The molecule has 0 aromatic carbocycles. The molecular weight excluding hydrogens is 204 g/mol. The Morgan fingerprint density at radius 1 is 1.44 bits per heavy atom. The third-order valence-corrected chi connectivity index (χ3v) is 4.01. The third-order valence-electron chi connectivity index (χ3n) is 4.01. The summed E-state index contributed by atoms with van der Waals surface area (Å²) in [6.07, 6.45) is 6.56. The van der Waals surface area contributed by atoms with Gasteiger partial charge in [-0.1, -0.05) is 6.42 Å². The summed E-state index contributed by atoms with van der Waals surface area (Å²) in [5.74, 6) is 2.07. The number of hydrogen-bond acceptors (Lipinski definition) is 3. The van der Waals surface area contributed by atoms with Crippen LogP contribution in [0.4, 0.5) is 0 Å². The average Bonchev–Trinajstić information content (AvgIpc) is 2.89. The van der Waals surface area contributed by atoms with Gasteiger partial charge in [0.25, 0.3) is 0 Å². The zero-order chi connectivity index (χ0) is 11.1. The molecule has 0 radical (unpaired) electrons. The lowest BCUT2D eigenvalue weighted by Crippen LogP contribution is -2.27. The SMILES string of the molecule is CN1CC2C(CCCC2c2ncco2)C1=O. The third kappa shape index (κ3) is 1.36. The number of oxazole rings is 1. The van der Waals surface area contributed by atoms with Gasteiger partial charge in [0.15, 0.2) is 5.89 Å². The highest BCUT2D eigenvalue weighted by molar-refractivity contribution is 5.81. The van der Waals surface area contributed by atoms with Gasteiger partial charge in [0.05, 0.1) is 6.20 Å². The van der Waals surface area contributed by atoms with Gasteiger partial charge < -0.3 is 9.32 Å². The highest BCUT2D eigenvalue weighted by Gasteiger charge is 2.46. The summed E-state index contributed by atoms with van der Waals surface area (Å²) in [7, 11) is 1.90. The normalized spacial score (nSPS) is 34.2. The van der Waals surface area contributed by atoms with Crippen LogP contribution in [0, 0.1) is 11.8 Å². The predicted molar refractivity (Wildman–Crippen MR) is 57.7 cm³/mol. The fraction of sp³-hybridized carbons (Fsp3) is 0.667. The van der Waals surface area contributed by atoms with E-state index < -0.39 is 0 Å². The summed E-state index contributed by atoms with van der Waals surface area (Å²) in [5.41, 5.74) is 0. The smallest absolute Gasteiger partial charge is 0.225 e. The highest BCUT2D eigenvalue weighted by Crippen LogP contribution is 2.44. The Labute approximate surface area is 94.6 Å². The molecule has 0 N–H and O–H groups in total. The van der Waals surface area contributed by atoms with Crippen LogP contribution < -0.4 is 0 Å². The van der Waals surface area contributed by atoms with Crippen molar-refractivity contribution in [1.29, 1.82) is 0 Å². The summed E-state index contributed by atoms with van der Waals surface area (Å²) in [4.78, 5) is 18.0. The van der Waals surface area contributed by atoms with Crippen LogP contribution in [0.25, 0.3) is 0 Å². The summed E-state index contributed by atoms with van der Waals surface area (Å²) < 4.78 is 5.41. The number of fused-ring (bicyclic) bond motifs is 1. The topological polar surface area (TPSA) is 46.3 Å². The first-order chi connectivity index (χ1) is 7.77. The minimum atomic E-state index is 0.204. The van der Waals surface area contributed by atoms with Crippen molar-refractivity contribution < 1.29 is 9.21 Å². The predicted octanol–water partition coefficient (Wildman–Crippen LogP) is 1.65. The second kappa shape index (κ2) is 3.61. The van der Waals surface area contributed by atoms with E-state index in [0.717, 1.165) is 31.7 Å². The van der Waals surface area contributed by atoms with Crippen LogP contribution in [0.1, 0.15) is 31.1 Å². The van der Waals surface area contributed by atoms with Gasteiger partial charge in [-0.3, -0.25) is 4.79 Å². The molecule has 2 fully saturated rings. The largest absolute Gasteiger partial charge is 0.449 e. The van der Waals surface area contributed by atoms with Gasteiger partial charge in [-0.25, -0.2) is 4.98 Å². The zero-order valence-corrected chi connectivity index (χ0v) is 9.43. The molecule has 1 saturated heterocycles. The zero-order valence-electron chi connectivity index (χ0n) is 9.43. The molecule has 3 rings (SSSR count). The number of carbonyl (C=O) groups is 1. The summed E-state index contributed by atoms with van der Waals surface area (Å²) in [6.45, 7) is 0.858. The van der Waals surface area contributed by atoms with Gasteiger partial charge in [0.1, 0.15) is 6.26 Å². The second-order valence-electron chi connectivity index (χ2n) is 4.90. The van der Waals surface area contributed by atoms with E-state index in [1.54, 1.807) is 12.5 Å². The first-order valence-electron chi connectivity index (χ1n) is 5.91. The molecule has 3 unspecified atom stereocenters. The van der Waals surface area contributed by atoms with Crippen molar-refractivity contribution in [2.24, 2.45) is 11.8 Å². The first kappa shape index (κ1) is 9.87. The number of carbonyl (C=O) groups excluding carboxylic acids is 1. The van der Waals surface area contributed by atoms with Crippen molar-refractivity contribution >= 4 is 5.91 Å². The lowest BCUT2D eigenvalue weighted by Gasteiger charge is -2.29. The molecule has 4 heteroatoms. The number of nitrogens with zero attached hydrogens (tertiary/aromatic N) is 2. The maximum atomic E-state index is 11.9. The Morgan fingerprint density at radius 3 is 3.00 bits per heavy atom. The Bertz CT molecular complexity index is 388. The minimum Gasteiger partial charge on any atom is -0.449 e. The summed E-state index contributed by atoms with van der Waals surface area (Å²) in [6, 6.07) is 0. The molecule has 16 heavy (non-hydrogen) atoms. The van der Waals surface area contributed by atoms with Crippen molar-refractivity contribution in [1.82, 2.24) is 9.88 Å². The van der Waals surface area contributed by atoms with Gasteiger partial charge in [0, 0.05) is 25.4 Å². The molecule has 0 bridgehead atoms. The van der Waals surface area contributed by atoms with Crippen molar-refractivity contribution in [2.45, 2.75) is 25.2 Å². The second-order valence-corrected chi connectivity index (χ2v) is 4.90. The number of amides is 1. The van der Waals surface area contributed by atoms with E-state index in [2.05, 4.69) is 4.98 Å². The van der Waals surface area contributed by atoms with Gasteiger partial charge >= 0.3 is 0 Å². The molecule has 1 amide bonds. The molecule has 1 saturated carbocycles. The van der Waals surface area contributed by atoms with Crippen molar-refractivity contribution in [2.75, 3.05) is 13.6 Å². The standard InChI is InChI=1S/C12H16N2O2/c1-14-7-10-8(11-13-5-6-16-11)3-2-4-9(10)12(14)15/h5-6,8-10H,2-4,7H2,1H3. The summed E-state index contributed by atoms with van der Waals surface area (Å²) >= 11 is 0. The maximum absolute atomic E-state index is 11.9. The molecule has 1 aromatic rings. The fourth-order valence-electron chi connectivity index (χ4n) is 3.24. The van der Waals surface area contributed by atoms with Crippen LogP contribution in [-0.2, 0) is 4.79 Å². The number of hydrogen-bond donors (Lipinski definition) is 0. The highest BCUT2D eigenvalue weighted by atomic mass is 16.3. The Hall–Kier alpha value is -1.32. The van der Waals surface area contributed by atoms with Gasteiger partial charge in [0.2, 0.25) is 5.91 Å². The fourth-order valence-corrected chi connectivity index (χ4v) is 3.24. The quantitative estimate of drug-likeness (QED) is 0.723. The molecule has 2 heterocycles. The maximum Gasteiger partial charge on any atom is 0.225 e. The van der Waals surface area contributed by atoms with E-state index in [-0.39, 0.29) is 5.92 Å². The Kier molecular flexibility index (Phi) is 2.23. The van der Waals surface area contributed by atoms with Crippen LogP contribution in [0.15, 0.2) is 16.9 Å². The van der Waals surface area contributed by atoms with Crippen LogP contribution in [-0.4, -0.2) is 29.4 Å². The van der Waals surface area contributed by atoms with Crippen molar-refractivity contribution in [3.05, 3.63) is 18.4 Å². The minimum absolute atomic E-state index is 0.204. The van der Waals surface area contributed by atoms with E-state index in [4.69, 9.17) is 4.42 Å². The molecule has 4 nitrogen and oxygen atoms in total. The molecule has 1 aromatic heterocycles. The number of likely N-dealkylation sites (tertiary alicyclic amines) is 1. The molecule has 3 atom stereocenters. The van der Waals surface area contributed by atoms with E-state index in [1.165, 1.54) is 0 Å². The molecule has 86 valence electrons. The molecule has 0 spiro atoms. The van der Waals surface area contributed by atoms with Crippen LogP contribution in [0.3, 0.4) is 0 Å². The van der Waals surface area contributed by atoms with E-state index in [0.29, 0.717) is 17.7 Å². The van der Waals surface area contributed by atoms with Gasteiger partial charge in [-0.2, -0.15) is 0 Å². The van der Waals surface area contributed by atoms with E-state index in [9.17, 15) is 4.79 Å². The lowest BCUT2D eigenvalue weighted by atomic mass is 9.73. The Balaban J connectivity index is 1.89. The average molecular weight is 220 g/mol. The van der Waals surface area contributed by atoms with Crippen molar-refractivity contribution in [3.8, 4) is 0 Å². The van der Waals surface area contributed by atoms with Crippen LogP contribution >= 0.6 is 0 Å². The molecule has 2 aliphatic rings. The van der Waals surface area contributed by atoms with Gasteiger partial charge in [-0.15, -0.1) is 0 Å². The molecule has 1 aliphatic heterocycles. The van der Waals surface area contributed by atoms with Gasteiger partial charge in [-0.05, 0) is 18.8 Å². The summed E-state index contributed by atoms with van der Waals surface area (Å²) in [5, 5.41) is 0. The molecule has 1 aliphatic carbocycles. The first-order valence-corrected chi connectivity index (χ1v) is 5.91. The van der Waals surface area contributed by atoms with Crippen LogP contribution in [0.5, 0.6) is 0 Å². The monoisotopic (exact) mass is 220 g/mol. The van der Waals surface area contributed by atoms with E-state index >= 15 is 0 Å². The Morgan fingerprint density at radius 2 is 2.25 bits per heavy atom. The number of rotatable bonds is 1.